The molecule has 1 saturated heterocycles. The predicted molar refractivity (Wildman–Crippen MR) is 101 cm³/mol. The predicted octanol–water partition coefficient (Wildman–Crippen LogP) is 4.04. The summed E-state index contributed by atoms with van der Waals surface area (Å²) in [6, 6.07) is 16.1. The number of carbonyl (C=O) groups excluding carboxylic acids is 1. The summed E-state index contributed by atoms with van der Waals surface area (Å²) in [6.07, 6.45) is 3.87. The Kier molecular flexibility index (Phi) is 5.36. The van der Waals surface area contributed by atoms with Crippen molar-refractivity contribution in [2.24, 2.45) is 0 Å². The zero-order chi connectivity index (χ0) is 16.8. The van der Waals surface area contributed by atoms with Crippen molar-refractivity contribution in [2.45, 2.75) is 26.2 Å². The number of para-hydroxylation sites is 1. The van der Waals surface area contributed by atoms with Crippen LogP contribution < -0.4 is 15.5 Å². The van der Waals surface area contributed by atoms with Crippen LogP contribution in [0, 0.1) is 6.92 Å². The second-order valence-electron chi connectivity index (χ2n) is 6.31. The highest BCUT2D eigenvalue weighted by atomic mass is 16.1. The van der Waals surface area contributed by atoms with Crippen molar-refractivity contribution in [3.63, 3.8) is 0 Å². The lowest BCUT2D eigenvalue weighted by Gasteiger charge is -2.28. The molecule has 126 valence electrons. The standard InChI is InChI=1S/C20H25N3O/c1-16-7-3-4-8-19(16)21-15-20(24)22-17-9-11-18(12-10-17)23-13-5-2-6-14-23/h3-4,7-12,21H,2,5-6,13-15H2,1H3,(H,22,24). The zero-order valence-electron chi connectivity index (χ0n) is 14.2. The molecule has 1 fully saturated rings. The number of hydrogen-bond donors (Lipinski definition) is 2. The van der Waals surface area contributed by atoms with E-state index < -0.39 is 0 Å². The van der Waals surface area contributed by atoms with E-state index in [2.05, 4.69) is 27.7 Å². The lowest BCUT2D eigenvalue weighted by molar-refractivity contribution is -0.114. The van der Waals surface area contributed by atoms with Crippen LogP contribution in [0.4, 0.5) is 17.1 Å². The van der Waals surface area contributed by atoms with Crippen LogP contribution in [0.5, 0.6) is 0 Å². The minimum atomic E-state index is -0.0380. The van der Waals surface area contributed by atoms with Gasteiger partial charge in [0.1, 0.15) is 0 Å². The van der Waals surface area contributed by atoms with Gasteiger partial charge in [0, 0.05) is 30.2 Å². The van der Waals surface area contributed by atoms with Crippen LogP contribution in [0.2, 0.25) is 0 Å². The molecule has 24 heavy (non-hydrogen) atoms. The fourth-order valence-electron chi connectivity index (χ4n) is 3.06. The first-order valence-corrected chi connectivity index (χ1v) is 8.67. The normalized spacial score (nSPS) is 14.3. The molecule has 2 aromatic carbocycles. The van der Waals surface area contributed by atoms with Crippen molar-refractivity contribution in [1.29, 1.82) is 0 Å². The van der Waals surface area contributed by atoms with Crippen LogP contribution in [0.1, 0.15) is 24.8 Å². The van der Waals surface area contributed by atoms with Crippen molar-refractivity contribution in [1.82, 2.24) is 0 Å². The first-order valence-electron chi connectivity index (χ1n) is 8.67. The molecule has 3 rings (SSSR count). The van der Waals surface area contributed by atoms with Gasteiger partial charge in [-0.05, 0) is 62.1 Å². The largest absolute Gasteiger partial charge is 0.376 e. The number of anilines is 3. The van der Waals surface area contributed by atoms with E-state index in [1.165, 1.54) is 24.9 Å². The van der Waals surface area contributed by atoms with Gasteiger partial charge in [-0.15, -0.1) is 0 Å². The number of rotatable bonds is 5. The number of piperidine rings is 1. The Hall–Kier alpha value is -2.49. The van der Waals surface area contributed by atoms with E-state index in [-0.39, 0.29) is 12.5 Å². The molecule has 0 spiro atoms. The minimum Gasteiger partial charge on any atom is -0.376 e. The Morgan fingerprint density at radius 2 is 1.71 bits per heavy atom. The molecule has 0 aliphatic carbocycles. The summed E-state index contributed by atoms with van der Waals surface area (Å²) in [5.41, 5.74) is 4.21. The van der Waals surface area contributed by atoms with Crippen LogP contribution in [0.25, 0.3) is 0 Å². The van der Waals surface area contributed by atoms with E-state index in [1.807, 2.05) is 43.3 Å². The Balaban J connectivity index is 1.52. The van der Waals surface area contributed by atoms with Crippen LogP contribution in [0.3, 0.4) is 0 Å². The zero-order valence-corrected chi connectivity index (χ0v) is 14.2. The lowest BCUT2D eigenvalue weighted by atomic mass is 10.1. The first kappa shape index (κ1) is 16.4. The smallest absolute Gasteiger partial charge is 0.243 e. The third kappa shape index (κ3) is 4.28. The van der Waals surface area contributed by atoms with Crippen LogP contribution in [-0.4, -0.2) is 25.5 Å². The maximum atomic E-state index is 12.1. The van der Waals surface area contributed by atoms with E-state index in [1.54, 1.807) is 0 Å². The molecular formula is C20H25N3O. The molecule has 0 bridgehead atoms. The van der Waals surface area contributed by atoms with Gasteiger partial charge >= 0.3 is 0 Å². The first-order chi connectivity index (χ1) is 11.7. The summed E-state index contributed by atoms with van der Waals surface area (Å²) < 4.78 is 0. The summed E-state index contributed by atoms with van der Waals surface area (Å²) >= 11 is 0. The van der Waals surface area contributed by atoms with Gasteiger partial charge in [0.15, 0.2) is 0 Å². The van der Waals surface area contributed by atoms with E-state index >= 15 is 0 Å². The van der Waals surface area contributed by atoms with Gasteiger partial charge in [-0.2, -0.15) is 0 Å². The third-order valence-electron chi connectivity index (χ3n) is 4.46. The summed E-state index contributed by atoms with van der Waals surface area (Å²) in [4.78, 5) is 14.5. The van der Waals surface area contributed by atoms with Gasteiger partial charge < -0.3 is 15.5 Å². The summed E-state index contributed by atoms with van der Waals surface area (Å²) in [6.45, 7) is 4.55. The van der Waals surface area contributed by atoms with Gasteiger partial charge in [0.25, 0.3) is 0 Å². The number of nitrogens with one attached hydrogen (secondary N) is 2. The van der Waals surface area contributed by atoms with Crippen molar-refractivity contribution in [3.05, 3.63) is 54.1 Å². The SMILES string of the molecule is Cc1ccccc1NCC(=O)Nc1ccc(N2CCCCC2)cc1. The van der Waals surface area contributed by atoms with E-state index in [9.17, 15) is 4.79 Å². The van der Waals surface area contributed by atoms with Gasteiger partial charge in [0.05, 0.1) is 6.54 Å². The molecule has 0 saturated carbocycles. The Labute approximate surface area is 143 Å². The maximum absolute atomic E-state index is 12.1. The Morgan fingerprint density at radius 3 is 2.42 bits per heavy atom. The van der Waals surface area contributed by atoms with Crippen LogP contribution in [0.15, 0.2) is 48.5 Å². The fourth-order valence-corrected chi connectivity index (χ4v) is 3.06. The van der Waals surface area contributed by atoms with Gasteiger partial charge in [0.2, 0.25) is 5.91 Å². The third-order valence-corrected chi connectivity index (χ3v) is 4.46. The van der Waals surface area contributed by atoms with E-state index in [0.29, 0.717) is 0 Å². The second kappa shape index (κ2) is 7.86. The van der Waals surface area contributed by atoms with E-state index in [0.717, 1.165) is 30.0 Å². The number of nitrogens with zero attached hydrogens (tertiary/aromatic N) is 1. The second-order valence-corrected chi connectivity index (χ2v) is 6.31. The van der Waals surface area contributed by atoms with Crippen LogP contribution in [-0.2, 0) is 4.79 Å². The molecule has 1 aliphatic heterocycles. The molecule has 1 amide bonds. The number of hydrogen-bond acceptors (Lipinski definition) is 3. The highest BCUT2D eigenvalue weighted by molar-refractivity contribution is 5.94. The Bertz CT molecular complexity index is 676. The molecule has 1 aliphatic rings. The van der Waals surface area contributed by atoms with Crippen molar-refractivity contribution < 1.29 is 4.79 Å². The molecule has 4 nitrogen and oxygen atoms in total. The molecule has 0 atom stereocenters. The van der Waals surface area contributed by atoms with Gasteiger partial charge in [-0.1, -0.05) is 18.2 Å². The molecule has 2 N–H and O–H groups in total. The minimum absolute atomic E-state index is 0.0380. The average molecular weight is 323 g/mol. The Morgan fingerprint density at radius 1 is 1.00 bits per heavy atom. The number of benzene rings is 2. The monoisotopic (exact) mass is 323 g/mol. The number of amides is 1. The molecule has 0 aromatic heterocycles. The topological polar surface area (TPSA) is 44.4 Å². The van der Waals surface area contributed by atoms with Crippen molar-refractivity contribution in [3.8, 4) is 0 Å². The molecule has 4 heteroatoms. The van der Waals surface area contributed by atoms with Crippen LogP contribution >= 0.6 is 0 Å². The van der Waals surface area contributed by atoms with Gasteiger partial charge in [-0.3, -0.25) is 4.79 Å². The summed E-state index contributed by atoms with van der Waals surface area (Å²) in [5.74, 6) is -0.0380. The highest BCUT2D eigenvalue weighted by Gasteiger charge is 2.11. The summed E-state index contributed by atoms with van der Waals surface area (Å²) in [5, 5.41) is 6.12. The van der Waals surface area contributed by atoms with Crippen molar-refractivity contribution >= 4 is 23.0 Å². The molecule has 1 heterocycles. The van der Waals surface area contributed by atoms with Crippen molar-refractivity contribution in [2.75, 3.05) is 35.2 Å². The number of aryl methyl sites for hydroxylation is 1. The average Bonchev–Trinajstić information content (AvgIpc) is 2.62. The quantitative estimate of drug-likeness (QED) is 0.873. The maximum Gasteiger partial charge on any atom is 0.243 e. The molecule has 0 radical (unpaired) electrons. The fraction of sp³-hybridized carbons (Fsp3) is 0.350. The summed E-state index contributed by atoms with van der Waals surface area (Å²) in [7, 11) is 0. The molecule has 2 aromatic rings. The van der Waals surface area contributed by atoms with Gasteiger partial charge in [-0.25, -0.2) is 0 Å². The molecule has 0 unspecified atom stereocenters. The highest BCUT2D eigenvalue weighted by Crippen LogP contribution is 2.21. The van der Waals surface area contributed by atoms with E-state index in [4.69, 9.17) is 0 Å². The molecular weight excluding hydrogens is 298 g/mol. The number of carbonyl (C=O) groups is 1. The lowest BCUT2D eigenvalue weighted by Crippen LogP contribution is -2.29.